The van der Waals surface area contributed by atoms with Gasteiger partial charge >= 0.3 is 11.9 Å². The molecule has 7 nitrogen and oxygen atoms in total. The molecule has 0 spiro atoms. The number of anilines is 1. The molecule has 32 heavy (non-hydrogen) atoms. The predicted molar refractivity (Wildman–Crippen MR) is 122 cm³/mol. The SMILES string of the molecule is CCOC(=O)c1sc(NC(=O)c2ccc(Oc3ccccc3)cc2)c(C(=O)OCC)c1C. The molecule has 0 fully saturated rings. The van der Waals surface area contributed by atoms with Crippen LogP contribution < -0.4 is 10.1 Å². The lowest BCUT2D eigenvalue weighted by Crippen LogP contribution is -2.15. The lowest BCUT2D eigenvalue weighted by Gasteiger charge is -2.08. The zero-order chi connectivity index (χ0) is 23.1. The van der Waals surface area contributed by atoms with E-state index in [1.54, 1.807) is 45.0 Å². The van der Waals surface area contributed by atoms with Crippen LogP contribution in [0.2, 0.25) is 0 Å². The minimum Gasteiger partial charge on any atom is -0.462 e. The second-order valence-electron chi connectivity index (χ2n) is 6.59. The fourth-order valence-corrected chi connectivity index (χ4v) is 4.00. The summed E-state index contributed by atoms with van der Waals surface area (Å²) in [5, 5.41) is 2.96. The van der Waals surface area contributed by atoms with E-state index in [-0.39, 0.29) is 28.7 Å². The highest BCUT2D eigenvalue weighted by Gasteiger charge is 2.27. The number of thiophene rings is 1. The number of carbonyl (C=O) groups is 3. The van der Waals surface area contributed by atoms with E-state index in [9.17, 15) is 14.4 Å². The Morgan fingerprint density at radius 2 is 1.44 bits per heavy atom. The van der Waals surface area contributed by atoms with Crippen molar-refractivity contribution >= 4 is 34.2 Å². The van der Waals surface area contributed by atoms with Crippen LogP contribution in [0.1, 0.15) is 49.8 Å². The number of amides is 1. The number of rotatable bonds is 8. The number of benzene rings is 2. The monoisotopic (exact) mass is 453 g/mol. The Hall–Kier alpha value is -3.65. The Morgan fingerprint density at radius 3 is 2.06 bits per heavy atom. The van der Waals surface area contributed by atoms with Gasteiger partial charge in [0.2, 0.25) is 0 Å². The molecule has 1 aromatic heterocycles. The Kier molecular flexibility index (Phi) is 7.62. The van der Waals surface area contributed by atoms with Crippen LogP contribution in [0.15, 0.2) is 54.6 Å². The van der Waals surface area contributed by atoms with E-state index in [1.165, 1.54) is 0 Å². The largest absolute Gasteiger partial charge is 0.462 e. The molecule has 0 atom stereocenters. The van der Waals surface area contributed by atoms with Crippen molar-refractivity contribution in [1.82, 2.24) is 0 Å². The van der Waals surface area contributed by atoms with Gasteiger partial charge in [-0.3, -0.25) is 4.79 Å². The lowest BCUT2D eigenvalue weighted by atomic mass is 10.1. The normalized spacial score (nSPS) is 10.3. The first-order valence-corrected chi connectivity index (χ1v) is 10.9. The molecule has 0 radical (unpaired) electrons. The van der Waals surface area contributed by atoms with Gasteiger partial charge in [-0.15, -0.1) is 11.3 Å². The van der Waals surface area contributed by atoms with Gasteiger partial charge in [-0.2, -0.15) is 0 Å². The van der Waals surface area contributed by atoms with Crippen LogP contribution in [0.3, 0.4) is 0 Å². The molecule has 0 saturated heterocycles. The highest BCUT2D eigenvalue weighted by atomic mass is 32.1. The summed E-state index contributed by atoms with van der Waals surface area (Å²) in [5.41, 5.74) is 0.926. The summed E-state index contributed by atoms with van der Waals surface area (Å²) in [6, 6.07) is 15.9. The van der Waals surface area contributed by atoms with Crippen LogP contribution in [0.25, 0.3) is 0 Å². The van der Waals surface area contributed by atoms with Gasteiger partial charge < -0.3 is 19.5 Å². The third-order valence-corrected chi connectivity index (χ3v) is 5.60. The van der Waals surface area contributed by atoms with Crippen molar-refractivity contribution in [2.75, 3.05) is 18.5 Å². The van der Waals surface area contributed by atoms with Crippen molar-refractivity contribution in [1.29, 1.82) is 0 Å². The maximum atomic E-state index is 12.8. The molecule has 0 aliphatic rings. The highest BCUT2D eigenvalue weighted by Crippen LogP contribution is 2.34. The zero-order valence-electron chi connectivity index (χ0n) is 18.0. The van der Waals surface area contributed by atoms with Crippen molar-refractivity contribution in [2.45, 2.75) is 20.8 Å². The smallest absolute Gasteiger partial charge is 0.348 e. The number of ether oxygens (including phenoxy) is 3. The number of hydrogen-bond acceptors (Lipinski definition) is 7. The number of hydrogen-bond donors (Lipinski definition) is 1. The molecular formula is C24H23NO6S. The Bertz CT molecular complexity index is 1110. The van der Waals surface area contributed by atoms with Crippen molar-refractivity contribution in [3.05, 3.63) is 76.2 Å². The van der Waals surface area contributed by atoms with Crippen LogP contribution in [-0.2, 0) is 9.47 Å². The topological polar surface area (TPSA) is 90.9 Å². The van der Waals surface area contributed by atoms with Crippen molar-refractivity contribution in [3.8, 4) is 11.5 Å². The Morgan fingerprint density at radius 1 is 0.844 bits per heavy atom. The second-order valence-corrected chi connectivity index (χ2v) is 7.62. The van der Waals surface area contributed by atoms with E-state index in [0.717, 1.165) is 11.3 Å². The van der Waals surface area contributed by atoms with E-state index in [2.05, 4.69) is 5.32 Å². The maximum absolute atomic E-state index is 12.8. The minimum absolute atomic E-state index is 0.150. The third-order valence-electron chi connectivity index (χ3n) is 4.41. The van der Waals surface area contributed by atoms with Gasteiger partial charge in [0.05, 0.1) is 18.8 Å². The van der Waals surface area contributed by atoms with Crippen LogP contribution in [0.5, 0.6) is 11.5 Å². The molecule has 166 valence electrons. The highest BCUT2D eigenvalue weighted by molar-refractivity contribution is 7.18. The van der Waals surface area contributed by atoms with E-state index >= 15 is 0 Å². The van der Waals surface area contributed by atoms with Gasteiger partial charge in [0.1, 0.15) is 21.4 Å². The third kappa shape index (κ3) is 5.33. The summed E-state index contributed by atoms with van der Waals surface area (Å²) in [5.74, 6) is -0.332. The summed E-state index contributed by atoms with van der Waals surface area (Å²) >= 11 is 0.984. The van der Waals surface area contributed by atoms with Crippen molar-refractivity contribution in [3.63, 3.8) is 0 Å². The average Bonchev–Trinajstić information content (AvgIpc) is 3.11. The predicted octanol–water partition coefficient (Wildman–Crippen LogP) is 5.45. The summed E-state index contributed by atoms with van der Waals surface area (Å²) in [7, 11) is 0. The van der Waals surface area contributed by atoms with Gasteiger partial charge in [-0.1, -0.05) is 18.2 Å². The first kappa shape index (κ1) is 23.0. The van der Waals surface area contributed by atoms with E-state index in [1.807, 2.05) is 30.3 Å². The van der Waals surface area contributed by atoms with Crippen LogP contribution >= 0.6 is 11.3 Å². The molecular weight excluding hydrogens is 430 g/mol. The van der Waals surface area contributed by atoms with Crippen LogP contribution in [0.4, 0.5) is 5.00 Å². The molecule has 3 aromatic rings. The summed E-state index contributed by atoms with van der Waals surface area (Å²) in [4.78, 5) is 37.8. The average molecular weight is 454 g/mol. The van der Waals surface area contributed by atoms with Crippen molar-refractivity contribution < 1.29 is 28.6 Å². The Balaban J connectivity index is 1.82. The van der Waals surface area contributed by atoms with Gasteiger partial charge in [0, 0.05) is 5.56 Å². The van der Waals surface area contributed by atoms with E-state index in [4.69, 9.17) is 14.2 Å². The number of para-hydroxylation sites is 1. The standard InChI is InChI=1S/C24H23NO6S/c1-4-29-23(27)19-15(3)20(24(28)30-5-2)32-22(19)25-21(26)16-11-13-18(14-12-16)31-17-9-7-6-8-10-17/h6-14H,4-5H2,1-3H3,(H,25,26). The lowest BCUT2D eigenvalue weighted by molar-refractivity contribution is 0.0527. The van der Waals surface area contributed by atoms with Crippen molar-refractivity contribution in [2.24, 2.45) is 0 Å². The summed E-state index contributed by atoms with van der Waals surface area (Å²) in [6.07, 6.45) is 0. The molecule has 1 heterocycles. The minimum atomic E-state index is -0.612. The maximum Gasteiger partial charge on any atom is 0.348 e. The number of carbonyl (C=O) groups excluding carboxylic acids is 3. The molecule has 0 saturated carbocycles. The molecule has 0 aliphatic heterocycles. The zero-order valence-corrected chi connectivity index (χ0v) is 18.8. The van der Waals surface area contributed by atoms with E-state index in [0.29, 0.717) is 22.6 Å². The summed E-state index contributed by atoms with van der Waals surface area (Å²) < 4.78 is 15.9. The molecule has 1 N–H and O–H groups in total. The molecule has 2 aromatic carbocycles. The second kappa shape index (κ2) is 10.6. The Labute approximate surface area is 189 Å². The van der Waals surface area contributed by atoms with Gasteiger partial charge in [0.25, 0.3) is 5.91 Å². The van der Waals surface area contributed by atoms with Crippen LogP contribution in [0, 0.1) is 6.92 Å². The molecule has 3 rings (SSSR count). The first-order valence-electron chi connectivity index (χ1n) is 10.1. The molecule has 0 unspecified atom stereocenters. The van der Waals surface area contributed by atoms with Gasteiger partial charge in [-0.25, -0.2) is 9.59 Å². The fraction of sp³-hybridized carbons (Fsp3) is 0.208. The molecule has 8 heteroatoms. The number of esters is 2. The molecule has 0 bridgehead atoms. The van der Waals surface area contributed by atoms with Gasteiger partial charge in [-0.05, 0) is 62.7 Å². The first-order chi connectivity index (χ1) is 15.4. The van der Waals surface area contributed by atoms with E-state index < -0.39 is 17.8 Å². The molecule has 1 amide bonds. The van der Waals surface area contributed by atoms with Crippen LogP contribution in [-0.4, -0.2) is 31.1 Å². The number of nitrogens with one attached hydrogen (secondary N) is 1. The van der Waals surface area contributed by atoms with Gasteiger partial charge in [0.15, 0.2) is 0 Å². The fourth-order valence-electron chi connectivity index (χ4n) is 2.92. The summed E-state index contributed by atoms with van der Waals surface area (Å²) in [6.45, 7) is 5.37. The quantitative estimate of drug-likeness (QED) is 0.456. The molecule has 0 aliphatic carbocycles.